The third kappa shape index (κ3) is 4.76. The zero-order valence-electron chi connectivity index (χ0n) is 11.5. The minimum absolute atomic E-state index is 0.146. The van der Waals surface area contributed by atoms with Crippen molar-refractivity contribution in [2.75, 3.05) is 11.9 Å². The van der Waals surface area contributed by atoms with Gasteiger partial charge in [-0.1, -0.05) is 11.6 Å². The molecule has 0 radical (unpaired) electrons. The number of esters is 1. The molecule has 1 aromatic carbocycles. The smallest absolute Gasteiger partial charge is 0.348 e. The highest BCUT2D eigenvalue weighted by Crippen LogP contribution is 2.35. The molecule has 0 fully saturated rings. The number of carbonyl (C=O) groups is 2. The Morgan fingerprint density at radius 2 is 1.92 bits per heavy atom. The van der Waals surface area contributed by atoms with Crippen LogP contribution in [0, 0.1) is 10.1 Å². The zero-order chi connectivity index (χ0) is 17.9. The number of hydrogen-bond donors (Lipinski definition) is 1. The van der Waals surface area contributed by atoms with E-state index in [0.29, 0.717) is 19.0 Å². The van der Waals surface area contributed by atoms with E-state index in [-0.39, 0.29) is 10.6 Å². The highest BCUT2D eigenvalue weighted by molar-refractivity contribution is 9.11. The molecule has 126 valence electrons. The lowest BCUT2D eigenvalue weighted by molar-refractivity contribution is -0.385. The van der Waals surface area contributed by atoms with Gasteiger partial charge >= 0.3 is 5.97 Å². The first-order chi connectivity index (χ1) is 11.3. The number of anilines is 1. The number of nitrogens with one attached hydrogen (secondary N) is 1. The molecular weight excluding hydrogens is 491 g/mol. The van der Waals surface area contributed by atoms with Crippen LogP contribution < -0.4 is 5.32 Å². The summed E-state index contributed by atoms with van der Waals surface area (Å²) < 4.78 is 5.94. The molecule has 0 bridgehead atoms. The van der Waals surface area contributed by atoms with E-state index >= 15 is 0 Å². The second-order valence-electron chi connectivity index (χ2n) is 4.27. The maximum atomic E-state index is 11.9. The van der Waals surface area contributed by atoms with Crippen LogP contribution in [0.1, 0.15) is 9.67 Å². The number of carbonyl (C=O) groups excluding carboxylic acids is 2. The summed E-state index contributed by atoms with van der Waals surface area (Å²) in [4.78, 5) is 34.1. The van der Waals surface area contributed by atoms with Gasteiger partial charge < -0.3 is 10.1 Å². The third-order valence-corrected chi connectivity index (χ3v) is 5.07. The molecule has 1 amide bonds. The highest BCUT2D eigenvalue weighted by atomic mass is 79.9. The molecule has 1 N–H and O–H groups in total. The van der Waals surface area contributed by atoms with E-state index in [1.165, 1.54) is 18.2 Å². The van der Waals surface area contributed by atoms with Crippen molar-refractivity contribution >= 4 is 78.0 Å². The molecule has 24 heavy (non-hydrogen) atoms. The van der Waals surface area contributed by atoms with Gasteiger partial charge in [-0.15, -0.1) is 11.3 Å². The van der Waals surface area contributed by atoms with Gasteiger partial charge in [-0.05, 0) is 44.0 Å². The predicted molar refractivity (Wildman–Crippen MR) is 96.7 cm³/mol. The number of halogens is 3. The van der Waals surface area contributed by atoms with Gasteiger partial charge in [0.05, 0.1) is 14.9 Å². The summed E-state index contributed by atoms with van der Waals surface area (Å²) in [5.41, 5.74) is 0.147. The van der Waals surface area contributed by atoms with Crippen molar-refractivity contribution < 1.29 is 19.2 Å². The van der Waals surface area contributed by atoms with Crippen molar-refractivity contribution in [3.63, 3.8) is 0 Å². The van der Waals surface area contributed by atoms with Gasteiger partial charge in [-0.3, -0.25) is 14.9 Å². The minimum atomic E-state index is -0.663. The average Bonchev–Trinajstić information content (AvgIpc) is 2.94. The van der Waals surface area contributed by atoms with Crippen LogP contribution in [0.15, 0.2) is 33.2 Å². The fraction of sp³-hybridized carbons (Fsp3) is 0.0769. The number of ether oxygens (including phenoxy) is 1. The highest BCUT2D eigenvalue weighted by Gasteiger charge is 2.17. The van der Waals surface area contributed by atoms with Gasteiger partial charge in [0, 0.05) is 21.1 Å². The van der Waals surface area contributed by atoms with Crippen molar-refractivity contribution in [2.24, 2.45) is 0 Å². The van der Waals surface area contributed by atoms with Crippen LogP contribution >= 0.6 is 54.8 Å². The third-order valence-electron chi connectivity index (χ3n) is 2.61. The monoisotopic (exact) mass is 496 g/mol. The molecule has 0 saturated carbocycles. The number of benzene rings is 1. The molecule has 7 nitrogen and oxygen atoms in total. The fourth-order valence-electron chi connectivity index (χ4n) is 1.59. The lowest BCUT2D eigenvalue weighted by atomic mass is 10.3. The Morgan fingerprint density at radius 3 is 2.42 bits per heavy atom. The Morgan fingerprint density at radius 1 is 1.29 bits per heavy atom. The van der Waals surface area contributed by atoms with Crippen molar-refractivity contribution in [1.29, 1.82) is 0 Å². The maximum absolute atomic E-state index is 11.9. The molecule has 0 unspecified atom stereocenters. The summed E-state index contributed by atoms with van der Waals surface area (Å²) >= 11 is 13.0. The van der Waals surface area contributed by atoms with E-state index in [2.05, 4.69) is 37.2 Å². The first-order valence-electron chi connectivity index (χ1n) is 6.13. The molecule has 0 saturated heterocycles. The summed E-state index contributed by atoms with van der Waals surface area (Å²) in [6.07, 6.45) is 0. The predicted octanol–water partition coefficient (Wildman–Crippen LogP) is 4.63. The second kappa shape index (κ2) is 8.06. The lowest BCUT2D eigenvalue weighted by Crippen LogP contribution is -2.21. The van der Waals surface area contributed by atoms with Gasteiger partial charge in [0.1, 0.15) is 4.88 Å². The number of hydrogen-bond acceptors (Lipinski definition) is 6. The maximum Gasteiger partial charge on any atom is 0.348 e. The number of rotatable bonds is 5. The molecule has 1 heterocycles. The number of nitro benzene ring substituents is 1. The Balaban J connectivity index is 2.00. The molecule has 11 heteroatoms. The average molecular weight is 499 g/mol. The van der Waals surface area contributed by atoms with E-state index in [4.69, 9.17) is 16.3 Å². The normalized spacial score (nSPS) is 10.3. The van der Waals surface area contributed by atoms with E-state index in [9.17, 15) is 19.7 Å². The van der Waals surface area contributed by atoms with Gasteiger partial charge in [-0.25, -0.2) is 4.79 Å². The Bertz CT molecular complexity index is 803. The quantitative estimate of drug-likeness (QED) is 0.368. The molecule has 0 aliphatic heterocycles. The Labute approximate surface area is 161 Å². The fourth-order valence-corrected chi connectivity index (χ4v) is 3.88. The van der Waals surface area contributed by atoms with Gasteiger partial charge in [0.2, 0.25) is 0 Å². The van der Waals surface area contributed by atoms with Gasteiger partial charge in [-0.2, -0.15) is 0 Å². The van der Waals surface area contributed by atoms with Crippen LogP contribution in [0.2, 0.25) is 4.34 Å². The van der Waals surface area contributed by atoms with Crippen molar-refractivity contribution in [1.82, 2.24) is 0 Å². The van der Waals surface area contributed by atoms with E-state index in [1.54, 1.807) is 6.07 Å². The van der Waals surface area contributed by atoms with Crippen LogP contribution in [-0.4, -0.2) is 23.4 Å². The topological polar surface area (TPSA) is 98.5 Å². The minimum Gasteiger partial charge on any atom is -0.451 e. The SMILES string of the molecule is O=C(COC(=O)c1ccc(Cl)s1)Nc1c(Br)cc([N+](=O)[O-])cc1Br. The number of thiophene rings is 1. The molecular formula is C13H7Br2ClN2O5S. The number of nitrogens with zero attached hydrogens (tertiary/aromatic N) is 1. The summed E-state index contributed by atoms with van der Waals surface area (Å²) in [7, 11) is 0. The summed E-state index contributed by atoms with van der Waals surface area (Å²) in [6, 6.07) is 5.55. The number of non-ortho nitro benzene ring substituents is 1. The van der Waals surface area contributed by atoms with Crippen molar-refractivity contribution in [3.8, 4) is 0 Å². The molecule has 2 rings (SSSR count). The van der Waals surface area contributed by atoms with Crippen molar-refractivity contribution in [3.05, 3.63) is 52.5 Å². The van der Waals surface area contributed by atoms with Gasteiger partial charge in [0.15, 0.2) is 6.61 Å². The zero-order valence-corrected chi connectivity index (χ0v) is 16.3. The standard InChI is InChI=1S/C13H7Br2ClN2O5S/c14-7-3-6(18(21)22)4-8(15)12(7)17-11(19)5-23-13(20)9-1-2-10(16)24-9/h1-4H,5H2,(H,17,19). The van der Waals surface area contributed by atoms with E-state index in [1.807, 2.05) is 0 Å². The number of nitro groups is 1. The first kappa shape index (κ1) is 18.8. The molecule has 0 aliphatic rings. The Kier molecular flexibility index (Phi) is 6.33. The molecule has 0 atom stereocenters. The van der Waals surface area contributed by atoms with Crippen LogP contribution in [0.25, 0.3) is 0 Å². The second-order valence-corrected chi connectivity index (χ2v) is 7.69. The van der Waals surface area contributed by atoms with Crippen LogP contribution in [0.4, 0.5) is 11.4 Å². The Hall–Kier alpha value is -1.49. The number of amides is 1. The summed E-state index contributed by atoms with van der Waals surface area (Å²) in [6.45, 7) is -0.510. The largest absolute Gasteiger partial charge is 0.451 e. The van der Waals surface area contributed by atoms with Crippen LogP contribution in [0.5, 0.6) is 0 Å². The van der Waals surface area contributed by atoms with Crippen LogP contribution in [0.3, 0.4) is 0 Å². The molecule has 0 aliphatic carbocycles. The van der Waals surface area contributed by atoms with E-state index in [0.717, 1.165) is 11.3 Å². The molecule has 0 spiro atoms. The molecule has 1 aromatic heterocycles. The summed E-state index contributed by atoms with van der Waals surface area (Å²) in [5.74, 6) is -1.26. The molecule has 2 aromatic rings. The summed E-state index contributed by atoms with van der Waals surface area (Å²) in [5, 5.41) is 13.3. The lowest BCUT2D eigenvalue weighted by Gasteiger charge is -2.10. The van der Waals surface area contributed by atoms with E-state index < -0.39 is 23.4 Å². The van der Waals surface area contributed by atoms with Gasteiger partial charge in [0.25, 0.3) is 11.6 Å². The van der Waals surface area contributed by atoms with Crippen LogP contribution in [-0.2, 0) is 9.53 Å². The van der Waals surface area contributed by atoms with Crippen molar-refractivity contribution in [2.45, 2.75) is 0 Å². The first-order valence-corrected chi connectivity index (χ1v) is 8.91.